The van der Waals surface area contributed by atoms with E-state index in [0.29, 0.717) is 42.8 Å². The Morgan fingerprint density at radius 1 is 1.15 bits per heavy atom. The molecule has 0 spiro atoms. The van der Waals surface area contributed by atoms with Crippen LogP contribution in [0.2, 0.25) is 5.02 Å². The minimum Gasteiger partial charge on any atom is -0.494 e. The molecule has 3 heterocycles. The van der Waals surface area contributed by atoms with E-state index in [1.54, 1.807) is 6.07 Å². The molecule has 2 fully saturated rings. The molecule has 2 N–H and O–H groups in total. The molecule has 204 valence electrons. The van der Waals surface area contributed by atoms with Gasteiger partial charge in [-0.05, 0) is 49.9 Å². The summed E-state index contributed by atoms with van der Waals surface area (Å²) >= 11 is 5.89. The number of halogens is 3. The Labute approximate surface area is 229 Å². The zero-order valence-electron chi connectivity index (χ0n) is 21.4. The highest BCUT2D eigenvalue weighted by Crippen LogP contribution is 2.33. The van der Waals surface area contributed by atoms with Crippen LogP contribution in [-0.4, -0.2) is 66.1 Å². The number of rotatable bonds is 7. The van der Waals surface area contributed by atoms with E-state index < -0.39 is 11.6 Å². The molecule has 0 aliphatic carbocycles. The predicted molar refractivity (Wildman–Crippen MR) is 144 cm³/mol. The first-order valence-electron chi connectivity index (χ1n) is 12.8. The summed E-state index contributed by atoms with van der Waals surface area (Å²) in [5.41, 5.74) is 0.574. The Balaban J connectivity index is 1.35. The van der Waals surface area contributed by atoms with Crippen LogP contribution in [-0.2, 0) is 4.79 Å². The van der Waals surface area contributed by atoms with Crippen LogP contribution in [0.15, 0.2) is 30.3 Å². The van der Waals surface area contributed by atoms with E-state index in [1.807, 2.05) is 9.80 Å². The third kappa shape index (κ3) is 5.82. The molecule has 12 heteroatoms. The van der Waals surface area contributed by atoms with E-state index in [1.165, 1.54) is 31.4 Å². The lowest BCUT2D eigenvalue weighted by molar-refractivity contribution is -0.126. The standard InChI is InChI=1S/C27H28ClF2N7O2/c1-39-24-15-22-18(14-20(24)30)25(33-21-5-4-16(28)13-19(21)29)35-27(34-22)37-10-6-17(7-11-37)32-26(38)23-3-2-9-36(23)12-8-31/h4-5,13-15,17,23H,2-3,6-7,9-12H2,1H3,(H,32,38)(H,33,34,35). The Morgan fingerprint density at radius 2 is 1.95 bits per heavy atom. The number of nitrogens with zero attached hydrogens (tertiary/aromatic N) is 5. The number of methoxy groups -OCH3 is 1. The first-order valence-corrected chi connectivity index (χ1v) is 13.2. The van der Waals surface area contributed by atoms with Crippen molar-refractivity contribution in [3.8, 4) is 11.8 Å². The van der Waals surface area contributed by atoms with Gasteiger partial charge in [-0.2, -0.15) is 10.2 Å². The van der Waals surface area contributed by atoms with Gasteiger partial charge in [0.05, 0.1) is 37.0 Å². The highest BCUT2D eigenvalue weighted by molar-refractivity contribution is 6.30. The van der Waals surface area contributed by atoms with Crippen molar-refractivity contribution in [3.63, 3.8) is 0 Å². The zero-order chi connectivity index (χ0) is 27.5. The lowest BCUT2D eigenvalue weighted by Gasteiger charge is -2.33. The van der Waals surface area contributed by atoms with Gasteiger partial charge >= 0.3 is 0 Å². The number of likely N-dealkylation sites (tertiary alicyclic amines) is 1. The summed E-state index contributed by atoms with van der Waals surface area (Å²) in [6.45, 7) is 2.17. The van der Waals surface area contributed by atoms with E-state index in [2.05, 4.69) is 26.7 Å². The van der Waals surface area contributed by atoms with Crippen LogP contribution in [0.25, 0.3) is 10.9 Å². The van der Waals surface area contributed by atoms with E-state index in [9.17, 15) is 13.6 Å². The summed E-state index contributed by atoms with van der Waals surface area (Å²) in [4.78, 5) is 26.1. The van der Waals surface area contributed by atoms with Gasteiger partial charge < -0.3 is 20.3 Å². The van der Waals surface area contributed by atoms with E-state index in [4.69, 9.17) is 21.6 Å². The molecule has 1 amide bonds. The summed E-state index contributed by atoms with van der Waals surface area (Å²) in [6.07, 6.45) is 3.02. The topological polar surface area (TPSA) is 106 Å². The lowest BCUT2D eigenvalue weighted by Crippen LogP contribution is -2.50. The quantitative estimate of drug-likeness (QED) is 0.414. The second-order valence-corrected chi connectivity index (χ2v) is 10.1. The van der Waals surface area contributed by atoms with E-state index >= 15 is 0 Å². The molecular weight excluding hydrogens is 528 g/mol. The molecule has 0 radical (unpaired) electrons. The molecule has 1 unspecified atom stereocenters. The highest BCUT2D eigenvalue weighted by atomic mass is 35.5. The van der Waals surface area contributed by atoms with Gasteiger partial charge in [-0.1, -0.05) is 11.6 Å². The Bertz CT molecular complexity index is 1430. The Morgan fingerprint density at radius 3 is 2.67 bits per heavy atom. The maximum atomic E-state index is 14.6. The fraction of sp³-hybridized carbons (Fsp3) is 0.407. The van der Waals surface area contributed by atoms with Crippen LogP contribution in [0.3, 0.4) is 0 Å². The summed E-state index contributed by atoms with van der Waals surface area (Å²) < 4.78 is 34.3. The molecule has 3 aromatic rings. The molecule has 1 atom stereocenters. The average molecular weight is 556 g/mol. The number of anilines is 3. The summed E-state index contributed by atoms with van der Waals surface area (Å²) in [5.74, 6) is -0.519. The van der Waals surface area contributed by atoms with Gasteiger partial charge in [0.2, 0.25) is 11.9 Å². The second kappa shape index (κ2) is 11.6. The van der Waals surface area contributed by atoms with E-state index in [-0.39, 0.29) is 46.8 Å². The van der Waals surface area contributed by atoms with Crippen LogP contribution in [0.4, 0.5) is 26.2 Å². The van der Waals surface area contributed by atoms with Gasteiger partial charge in [0, 0.05) is 42.2 Å². The zero-order valence-corrected chi connectivity index (χ0v) is 22.1. The number of amides is 1. The summed E-state index contributed by atoms with van der Waals surface area (Å²) in [7, 11) is 1.37. The SMILES string of the molecule is COc1cc2nc(N3CCC(NC(=O)C4CCCN4CC#N)CC3)nc(Nc3ccc(Cl)cc3F)c2cc1F. The monoisotopic (exact) mass is 555 g/mol. The number of fused-ring (bicyclic) bond motifs is 1. The Kier molecular flexibility index (Phi) is 7.95. The molecule has 2 aromatic carbocycles. The van der Waals surface area contributed by atoms with Crippen LogP contribution in [0.1, 0.15) is 25.7 Å². The van der Waals surface area contributed by atoms with Gasteiger partial charge in [-0.3, -0.25) is 9.69 Å². The van der Waals surface area contributed by atoms with Gasteiger partial charge in [-0.15, -0.1) is 0 Å². The number of benzene rings is 2. The van der Waals surface area contributed by atoms with Crippen molar-refractivity contribution in [1.82, 2.24) is 20.2 Å². The predicted octanol–water partition coefficient (Wildman–Crippen LogP) is 4.39. The van der Waals surface area contributed by atoms with Crippen molar-refractivity contribution in [2.45, 2.75) is 37.8 Å². The normalized spacial score (nSPS) is 18.2. The first-order chi connectivity index (χ1) is 18.9. The summed E-state index contributed by atoms with van der Waals surface area (Å²) in [5, 5.41) is 15.8. The van der Waals surface area contributed by atoms with Crippen molar-refractivity contribution in [1.29, 1.82) is 5.26 Å². The molecule has 9 nitrogen and oxygen atoms in total. The van der Waals surface area contributed by atoms with Crippen molar-refractivity contribution in [2.24, 2.45) is 0 Å². The number of carbonyl (C=O) groups excluding carboxylic acids is 1. The first kappa shape index (κ1) is 26.8. The minimum absolute atomic E-state index is 0.00584. The van der Waals surface area contributed by atoms with Crippen LogP contribution < -0.4 is 20.3 Å². The molecule has 0 bridgehead atoms. The number of hydrogen-bond donors (Lipinski definition) is 2. The average Bonchev–Trinajstić information content (AvgIpc) is 3.39. The van der Waals surface area contributed by atoms with Crippen molar-refractivity contribution in [3.05, 3.63) is 47.0 Å². The molecule has 39 heavy (non-hydrogen) atoms. The molecule has 5 rings (SSSR count). The number of piperidine rings is 1. The number of nitriles is 1. The largest absolute Gasteiger partial charge is 0.494 e. The Hall–Kier alpha value is -3.75. The number of aromatic nitrogens is 2. The fourth-order valence-electron chi connectivity index (χ4n) is 5.15. The van der Waals surface area contributed by atoms with Crippen LogP contribution in [0.5, 0.6) is 5.75 Å². The number of carbonyl (C=O) groups is 1. The van der Waals surface area contributed by atoms with Gasteiger partial charge in [0.15, 0.2) is 11.6 Å². The van der Waals surface area contributed by atoms with Crippen LogP contribution in [0, 0.1) is 23.0 Å². The van der Waals surface area contributed by atoms with Crippen molar-refractivity contribution < 1.29 is 18.3 Å². The maximum absolute atomic E-state index is 14.6. The summed E-state index contributed by atoms with van der Waals surface area (Å²) in [6, 6.07) is 8.83. The molecule has 2 aliphatic heterocycles. The fourth-order valence-corrected chi connectivity index (χ4v) is 5.31. The lowest BCUT2D eigenvalue weighted by atomic mass is 10.0. The number of nitrogens with one attached hydrogen (secondary N) is 2. The van der Waals surface area contributed by atoms with Gasteiger partial charge in [-0.25, -0.2) is 13.8 Å². The van der Waals surface area contributed by atoms with Gasteiger partial charge in [0.25, 0.3) is 0 Å². The number of ether oxygens (including phenoxy) is 1. The molecule has 2 saturated heterocycles. The minimum atomic E-state index is -0.590. The van der Waals surface area contributed by atoms with Crippen LogP contribution >= 0.6 is 11.6 Å². The third-order valence-electron chi connectivity index (χ3n) is 7.21. The molecule has 0 saturated carbocycles. The second-order valence-electron chi connectivity index (χ2n) is 9.68. The number of hydrogen-bond acceptors (Lipinski definition) is 8. The molecule has 2 aliphatic rings. The molecule has 1 aromatic heterocycles. The third-order valence-corrected chi connectivity index (χ3v) is 7.44. The van der Waals surface area contributed by atoms with Gasteiger partial charge in [0.1, 0.15) is 11.6 Å². The maximum Gasteiger partial charge on any atom is 0.237 e. The molecular formula is C27H28ClF2N7O2. The smallest absolute Gasteiger partial charge is 0.237 e. The highest BCUT2D eigenvalue weighted by Gasteiger charge is 2.32. The van der Waals surface area contributed by atoms with E-state index in [0.717, 1.165) is 19.4 Å². The van der Waals surface area contributed by atoms with Crippen molar-refractivity contribution >= 4 is 45.9 Å². The van der Waals surface area contributed by atoms with Crippen molar-refractivity contribution in [2.75, 3.05) is 43.5 Å².